The number of hydroxylamine groups is 1. The molecule has 0 saturated carbocycles. The van der Waals surface area contributed by atoms with Crippen molar-refractivity contribution in [1.82, 2.24) is 15.8 Å². The number of halogens is 2. The van der Waals surface area contributed by atoms with Gasteiger partial charge in [-0.25, -0.2) is 33.9 Å². The van der Waals surface area contributed by atoms with Crippen LogP contribution in [0, 0.1) is 0 Å². The van der Waals surface area contributed by atoms with Gasteiger partial charge in [0.25, 0.3) is 11.8 Å². The minimum Gasteiger partial charge on any atom is -0.495 e. The van der Waals surface area contributed by atoms with Crippen molar-refractivity contribution in [2.45, 2.75) is 19.1 Å². The summed E-state index contributed by atoms with van der Waals surface area (Å²) in [7, 11) is 1.48. The Hall–Kier alpha value is -3.60. The molecule has 9 nitrogen and oxygen atoms in total. The Morgan fingerprint density at radius 1 is 1.17 bits per heavy atom. The second-order valence-electron chi connectivity index (χ2n) is 5.96. The highest BCUT2D eigenvalue weighted by atomic mass is 19.3. The molecule has 1 aliphatic heterocycles. The fraction of sp³-hybridized carbons (Fsp3) is 0.222. The lowest BCUT2D eigenvalue weighted by atomic mass is 10.2. The highest BCUT2D eigenvalue weighted by molar-refractivity contribution is 6.05. The zero-order chi connectivity index (χ0) is 21.0. The van der Waals surface area contributed by atoms with E-state index >= 15 is 0 Å². The fourth-order valence-corrected chi connectivity index (χ4v) is 2.19. The number of rotatable bonds is 5. The molecule has 0 saturated heterocycles. The lowest BCUT2D eigenvalue weighted by molar-refractivity contribution is -0.127. The van der Waals surface area contributed by atoms with Crippen LogP contribution in [0.15, 0.2) is 47.6 Å². The predicted molar refractivity (Wildman–Crippen MR) is 95.7 cm³/mol. The number of alkyl halides is 2. The largest absolute Gasteiger partial charge is 0.495 e. The molecular formula is C18H16F2N4O5. The van der Waals surface area contributed by atoms with Crippen molar-refractivity contribution in [3.8, 4) is 11.5 Å². The summed E-state index contributed by atoms with van der Waals surface area (Å²) in [6.07, 6.45) is -0.349. The lowest BCUT2D eigenvalue weighted by Crippen LogP contribution is -2.37. The molecule has 1 unspecified atom stereocenters. The van der Waals surface area contributed by atoms with Gasteiger partial charge in [0.1, 0.15) is 17.2 Å². The highest BCUT2D eigenvalue weighted by Gasteiger charge is 2.39. The van der Waals surface area contributed by atoms with E-state index in [9.17, 15) is 18.4 Å². The lowest BCUT2D eigenvalue weighted by Gasteiger charge is -2.12. The molecule has 2 heterocycles. The summed E-state index contributed by atoms with van der Waals surface area (Å²) in [5.74, 6) is -4.05. The first-order valence-corrected chi connectivity index (χ1v) is 8.27. The van der Waals surface area contributed by atoms with Gasteiger partial charge in [0.15, 0.2) is 0 Å². The second kappa shape index (κ2) is 8.19. The first-order valence-electron chi connectivity index (χ1n) is 8.27. The molecule has 0 spiro atoms. The molecule has 2 N–H and O–H groups in total. The number of carbonyl (C=O) groups is 2. The van der Waals surface area contributed by atoms with E-state index in [4.69, 9.17) is 9.47 Å². The van der Waals surface area contributed by atoms with Gasteiger partial charge < -0.3 is 9.47 Å². The number of guanidine groups is 1. The monoisotopic (exact) mass is 406 g/mol. The maximum atomic E-state index is 13.1. The molecule has 2 aromatic rings. The van der Waals surface area contributed by atoms with Gasteiger partial charge in [-0.2, -0.15) is 0 Å². The Labute approximate surface area is 163 Å². The average molecular weight is 406 g/mol. The van der Waals surface area contributed by atoms with Crippen LogP contribution in [0.25, 0.3) is 0 Å². The number of nitrogens with zero attached hydrogens (tertiary/aromatic N) is 2. The number of methoxy groups -OCH3 is 1. The van der Waals surface area contributed by atoms with E-state index in [1.54, 1.807) is 6.07 Å². The SMILES string of the molecule is COc1ccc(C(=O)Oc2ccc(C(=O)NC3=NC(C(C)(F)F)ON3)cc2)nc1. The number of nitrogens with one attached hydrogen (secondary N) is 2. The van der Waals surface area contributed by atoms with Crippen LogP contribution < -0.4 is 20.3 Å². The molecule has 1 aromatic carbocycles. The van der Waals surface area contributed by atoms with Crippen LogP contribution in [0.5, 0.6) is 11.5 Å². The summed E-state index contributed by atoms with van der Waals surface area (Å²) in [5.41, 5.74) is 2.40. The van der Waals surface area contributed by atoms with E-state index in [-0.39, 0.29) is 23.0 Å². The summed E-state index contributed by atoms with van der Waals surface area (Å²) in [5, 5.41) is 2.31. The molecule has 0 fully saturated rings. The molecule has 1 aliphatic rings. The third-order valence-electron chi connectivity index (χ3n) is 3.69. The molecule has 1 atom stereocenters. The fourth-order valence-electron chi connectivity index (χ4n) is 2.19. The molecule has 152 valence electrons. The number of ether oxygens (including phenoxy) is 2. The Morgan fingerprint density at radius 2 is 1.86 bits per heavy atom. The topological polar surface area (TPSA) is 111 Å². The predicted octanol–water partition coefficient (Wildman–Crippen LogP) is 1.91. The summed E-state index contributed by atoms with van der Waals surface area (Å²) in [6.45, 7) is 0.648. The third-order valence-corrected chi connectivity index (χ3v) is 3.69. The molecular weight excluding hydrogens is 390 g/mol. The number of hydrogen-bond acceptors (Lipinski definition) is 8. The number of benzene rings is 1. The van der Waals surface area contributed by atoms with Gasteiger partial charge in [0, 0.05) is 12.5 Å². The zero-order valence-corrected chi connectivity index (χ0v) is 15.3. The first-order chi connectivity index (χ1) is 13.8. The van der Waals surface area contributed by atoms with Crippen LogP contribution in [-0.4, -0.2) is 42.1 Å². The van der Waals surface area contributed by atoms with Crippen molar-refractivity contribution >= 4 is 17.8 Å². The van der Waals surface area contributed by atoms with Gasteiger partial charge in [-0.1, -0.05) is 0 Å². The van der Waals surface area contributed by atoms with Crippen molar-refractivity contribution < 1.29 is 32.7 Å². The quantitative estimate of drug-likeness (QED) is 0.576. The Balaban J connectivity index is 1.59. The first kappa shape index (κ1) is 20.1. The summed E-state index contributed by atoms with van der Waals surface area (Å²) >= 11 is 0. The number of carbonyl (C=O) groups excluding carboxylic acids is 2. The maximum absolute atomic E-state index is 13.1. The Morgan fingerprint density at radius 3 is 2.41 bits per heavy atom. The van der Waals surface area contributed by atoms with Crippen molar-refractivity contribution in [3.63, 3.8) is 0 Å². The smallest absolute Gasteiger partial charge is 0.362 e. The van der Waals surface area contributed by atoms with Crippen LogP contribution in [0.4, 0.5) is 8.78 Å². The number of aromatic nitrogens is 1. The average Bonchev–Trinajstić information content (AvgIpc) is 3.17. The van der Waals surface area contributed by atoms with Gasteiger partial charge in [-0.05, 0) is 36.4 Å². The van der Waals surface area contributed by atoms with E-state index in [0.717, 1.165) is 0 Å². The third kappa shape index (κ3) is 5.02. The van der Waals surface area contributed by atoms with E-state index in [2.05, 4.69) is 25.6 Å². The summed E-state index contributed by atoms with van der Waals surface area (Å²) in [6, 6.07) is 8.61. The van der Waals surface area contributed by atoms with Gasteiger partial charge in [-0.3, -0.25) is 10.1 Å². The maximum Gasteiger partial charge on any atom is 0.362 e. The molecule has 29 heavy (non-hydrogen) atoms. The van der Waals surface area contributed by atoms with Gasteiger partial charge >= 0.3 is 5.97 Å². The normalized spacial score (nSPS) is 15.9. The van der Waals surface area contributed by atoms with Gasteiger partial charge in [-0.15, -0.1) is 0 Å². The highest BCUT2D eigenvalue weighted by Crippen LogP contribution is 2.22. The van der Waals surface area contributed by atoms with Crippen LogP contribution in [0.1, 0.15) is 27.8 Å². The van der Waals surface area contributed by atoms with E-state index < -0.39 is 24.0 Å². The second-order valence-corrected chi connectivity index (χ2v) is 5.96. The number of aliphatic imine (C=N–C) groups is 1. The van der Waals surface area contributed by atoms with E-state index in [1.165, 1.54) is 43.6 Å². The van der Waals surface area contributed by atoms with Crippen LogP contribution >= 0.6 is 0 Å². The Kier molecular flexibility index (Phi) is 5.69. The van der Waals surface area contributed by atoms with Crippen LogP contribution in [-0.2, 0) is 4.84 Å². The minimum atomic E-state index is -3.20. The van der Waals surface area contributed by atoms with Crippen molar-refractivity contribution in [3.05, 3.63) is 53.9 Å². The Bertz CT molecular complexity index is 927. The van der Waals surface area contributed by atoms with E-state index in [0.29, 0.717) is 12.7 Å². The number of pyridine rings is 1. The molecule has 0 bridgehead atoms. The number of amides is 1. The minimum absolute atomic E-state index is 0.0835. The summed E-state index contributed by atoms with van der Waals surface area (Å²) in [4.78, 5) is 36.3. The van der Waals surface area contributed by atoms with Crippen molar-refractivity contribution in [1.29, 1.82) is 0 Å². The standard InChI is InChI=1S/C18H16F2N4O5/c1-18(19,20)16-23-17(24-29-16)22-14(25)10-3-5-11(6-4-10)28-15(26)13-8-7-12(27-2)9-21-13/h3-9,16H,1-2H3,(H2,22,23,24,25). The van der Waals surface area contributed by atoms with Crippen LogP contribution in [0.2, 0.25) is 0 Å². The number of hydrogen-bond donors (Lipinski definition) is 2. The number of esters is 1. The van der Waals surface area contributed by atoms with Crippen molar-refractivity contribution in [2.75, 3.05) is 7.11 Å². The van der Waals surface area contributed by atoms with Crippen molar-refractivity contribution in [2.24, 2.45) is 4.99 Å². The zero-order valence-electron chi connectivity index (χ0n) is 15.3. The van der Waals surface area contributed by atoms with Gasteiger partial charge in [0.05, 0.1) is 13.3 Å². The molecule has 0 radical (unpaired) electrons. The van der Waals surface area contributed by atoms with Crippen LogP contribution in [0.3, 0.4) is 0 Å². The van der Waals surface area contributed by atoms with E-state index in [1.807, 2.05) is 0 Å². The molecule has 11 heteroatoms. The molecule has 1 amide bonds. The van der Waals surface area contributed by atoms with Gasteiger partial charge in [0.2, 0.25) is 12.2 Å². The molecule has 3 rings (SSSR count). The molecule has 1 aromatic heterocycles. The molecule has 0 aliphatic carbocycles. The summed E-state index contributed by atoms with van der Waals surface area (Å²) < 4.78 is 36.4.